The predicted molar refractivity (Wildman–Crippen MR) is 147 cm³/mol. The maximum absolute atomic E-state index is 13.1. The van der Waals surface area contributed by atoms with E-state index in [0.29, 0.717) is 21.3 Å². The van der Waals surface area contributed by atoms with E-state index in [2.05, 4.69) is 20.7 Å². The summed E-state index contributed by atoms with van der Waals surface area (Å²) < 4.78 is 40.5. The van der Waals surface area contributed by atoms with Crippen molar-refractivity contribution in [3.8, 4) is 11.4 Å². The molecule has 0 saturated carbocycles. The van der Waals surface area contributed by atoms with Crippen molar-refractivity contribution in [2.24, 2.45) is 0 Å². The number of nitrogens with zero attached hydrogens (tertiary/aromatic N) is 4. The second kappa shape index (κ2) is 12.7. The molecule has 1 atom stereocenters. The molecule has 0 saturated heterocycles. The third-order valence-electron chi connectivity index (χ3n) is 5.80. The van der Waals surface area contributed by atoms with Gasteiger partial charge in [0.25, 0.3) is 5.91 Å². The standard InChI is InChI=1S/C27H23ClF3N7O4/c28-17-10-8-16(9-11-17)24(32)37(14-22(40)27(29,30)31)26(42)33-13-23-34-15-38(36-23)21-7-2-1-6-20(21)25(41)35-18-4-3-5-19(39)12-18/h1-12,15,22,32,39-40H,13-14H2,(H,33,42)(H,35,41)/t22-/m0/s1. The Morgan fingerprint density at radius 3 is 2.48 bits per heavy atom. The number of phenols is 1. The Kier molecular flexibility index (Phi) is 9.08. The number of hydrogen-bond donors (Lipinski definition) is 5. The summed E-state index contributed by atoms with van der Waals surface area (Å²) in [5.74, 6) is -1.08. The van der Waals surface area contributed by atoms with Crippen molar-refractivity contribution in [1.82, 2.24) is 25.0 Å². The van der Waals surface area contributed by atoms with E-state index in [9.17, 15) is 33.0 Å². The van der Waals surface area contributed by atoms with E-state index >= 15 is 0 Å². The smallest absolute Gasteiger partial charge is 0.416 e. The molecule has 15 heteroatoms. The van der Waals surface area contributed by atoms with Crippen molar-refractivity contribution in [2.45, 2.75) is 18.8 Å². The number of aliphatic hydroxyl groups excluding tert-OH is 1. The first-order chi connectivity index (χ1) is 19.9. The van der Waals surface area contributed by atoms with Gasteiger partial charge in [0.15, 0.2) is 11.9 Å². The van der Waals surface area contributed by atoms with Crippen LogP contribution in [0.15, 0.2) is 79.1 Å². The van der Waals surface area contributed by atoms with Gasteiger partial charge in [-0.3, -0.25) is 15.1 Å². The second-order valence-electron chi connectivity index (χ2n) is 8.81. The van der Waals surface area contributed by atoms with Crippen LogP contribution in [0, 0.1) is 5.41 Å². The van der Waals surface area contributed by atoms with Gasteiger partial charge in [0.05, 0.1) is 24.3 Å². The minimum absolute atomic E-state index is 0.0289. The number of amides is 3. The van der Waals surface area contributed by atoms with Crippen LogP contribution in [0.3, 0.4) is 0 Å². The van der Waals surface area contributed by atoms with E-state index in [4.69, 9.17) is 17.0 Å². The molecule has 0 radical (unpaired) electrons. The van der Waals surface area contributed by atoms with Gasteiger partial charge >= 0.3 is 12.2 Å². The minimum Gasteiger partial charge on any atom is -0.508 e. The van der Waals surface area contributed by atoms with Crippen LogP contribution in [0.2, 0.25) is 5.02 Å². The summed E-state index contributed by atoms with van der Waals surface area (Å²) >= 11 is 5.84. The highest BCUT2D eigenvalue weighted by atomic mass is 35.5. The van der Waals surface area contributed by atoms with Crippen LogP contribution in [0.5, 0.6) is 5.75 Å². The number of nitrogens with one attached hydrogen (secondary N) is 3. The first-order valence-corrected chi connectivity index (χ1v) is 12.5. The molecule has 0 bridgehead atoms. The SMILES string of the molecule is N=C(c1ccc(Cl)cc1)N(C[C@H](O)C(F)(F)F)C(=O)NCc1ncn(-c2ccccc2C(=O)Nc2cccc(O)c2)n1. The van der Waals surface area contributed by atoms with Crippen molar-refractivity contribution in [3.05, 3.63) is 101 Å². The van der Waals surface area contributed by atoms with Gasteiger partial charge in [0, 0.05) is 22.3 Å². The zero-order valence-corrected chi connectivity index (χ0v) is 22.3. The zero-order valence-electron chi connectivity index (χ0n) is 21.5. The van der Waals surface area contributed by atoms with Crippen LogP contribution in [0.1, 0.15) is 21.7 Å². The first-order valence-electron chi connectivity index (χ1n) is 12.2. The van der Waals surface area contributed by atoms with Crippen molar-refractivity contribution < 1.29 is 33.0 Å². The van der Waals surface area contributed by atoms with Crippen molar-refractivity contribution in [2.75, 3.05) is 11.9 Å². The Bertz CT molecular complexity index is 1600. The summed E-state index contributed by atoms with van der Waals surface area (Å²) in [5.41, 5.74) is 0.998. The molecule has 0 aliphatic heterocycles. The summed E-state index contributed by atoms with van der Waals surface area (Å²) in [5, 5.41) is 37.1. The number of halogens is 4. The van der Waals surface area contributed by atoms with Crippen LogP contribution < -0.4 is 10.6 Å². The number of rotatable bonds is 8. The molecule has 0 aliphatic carbocycles. The van der Waals surface area contributed by atoms with E-state index in [-0.39, 0.29) is 29.2 Å². The van der Waals surface area contributed by atoms with Gasteiger partial charge in [0.1, 0.15) is 17.9 Å². The maximum atomic E-state index is 13.1. The molecule has 4 rings (SSSR count). The quantitative estimate of drug-likeness (QED) is 0.149. The molecular weight excluding hydrogens is 579 g/mol. The minimum atomic E-state index is -5.03. The summed E-state index contributed by atoms with van der Waals surface area (Å²) in [6.07, 6.45) is -6.65. The van der Waals surface area contributed by atoms with E-state index in [1.165, 1.54) is 47.4 Å². The molecule has 11 nitrogen and oxygen atoms in total. The van der Waals surface area contributed by atoms with Gasteiger partial charge in [-0.2, -0.15) is 13.2 Å². The largest absolute Gasteiger partial charge is 0.508 e. The lowest BCUT2D eigenvalue weighted by molar-refractivity contribution is -0.204. The number of alkyl halides is 3. The van der Waals surface area contributed by atoms with Crippen LogP contribution in [-0.4, -0.2) is 66.5 Å². The van der Waals surface area contributed by atoms with Crippen LogP contribution in [-0.2, 0) is 6.54 Å². The number of carbonyl (C=O) groups is 2. The third kappa shape index (κ3) is 7.41. The molecule has 0 fully saturated rings. The van der Waals surface area contributed by atoms with Gasteiger partial charge in [-0.15, -0.1) is 5.10 Å². The summed E-state index contributed by atoms with van der Waals surface area (Å²) in [4.78, 5) is 30.4. The molecule has 0 unspecified atom stereocenters. The number of urea groups is 1. The number of aliphatic hydroxyl groups is 1. The lowest BCUT2D eigenvalue weighted by Gasteiger charge is -2.26. The van der Waals surface area contributed by atoms with Crippen molar-refractivity contribution >= 4 is 35.1 Å². The molecule has 1 aromatic heterocycles. The number of hydrogen-bond acceptors (Lipinski definition) is 7. The molecule has 42 heavy (non-hydrogen) atoms. The average Bonchev–Trinajstić information content (AvgIpc) is 3.43. The predicted octanol–water partition coefficient (Wildman–Crippen LogP) is 4.34. The topological polar surface area (TPSA) is 156 Å². The van der Waals surface area contributed by atoms with Gasteiger partial charge < -0.3 is 20.8 Å². The molecule has 1 heterocycles. The highest BCUT2D eigenvalue weighted by Crippen LogP contribution is 2.22. The van der Waals surface area contributed by atoms with E-state index in [0.717, 1.165) is 0 Å². The van der Waals surface area contributed by atoms with Gasteiger partial charge in [-0.1, -0.05) is 29.8 Å². The highest BCUT2D eigenvalue weighted by Gasteiger charge is 2.41. The zero-order chi connectivity index (χ0) is 30.4. The second-order valence-corrected chi connectivity index (χ2v) is 9.25. The molecule has 218 valence electrons. The number of aromatic nitrogens is 3. The monoisotopic (exact) mass is 601 g/mol. The molecule has 5 N–H and O–H groups in total. The average molecular weight is 602 g/mol. The molecule has 0 spiro atoms. The highest BCUT2D eigenvalue weighted by molar-refractivity contribution is 6.30. The van der Waals surface area contributed by atoms with Crippen LogP contribution in [0.25, 0.3) is 5.69 Å². The summed E-state index contributed by atoms with van der Waals surface area (Å²) in [6, 6.07) is 16.8. The lowest BCUT2D eigenvalue weighted by Crippen LogP contribution is -2.50. The lowest BCUT2D eigenvalue weighted by atomic mass is 10.1. The van der Waals surface area contributed by atoms with E-state index < -0.39 is 36.6 Å². The van der Waals surface area contributed by atoms with Gasteiger partial charge in [0.2, 0.25) is 0 Å². The van der Waals surface area contributed by atoms with Crippen molar-refractivity contribution in [1.29, 1.82) is 5.41 Å². The fourth-order valence-electron chi connectivity index (χ4n) is 3.71. The fraction of sp³-hybridized carbons (Fsp3) is 0.148. The summed E-state index contributed by atoms with van der Waals surface area (Å²) in [7, 11) is 0. The Morgan fingerprint density at radius 2 is 1.79 bits per heavy atom. The molecule has 3 aromatic carbocycles. The number of anilines is 1. The molecular formula is C27H23ClF3N7O4. The Balaban J connectivity index is 1.49. The maximum Gasteiger partial charge on any atom is 0.416 e. The summed E-state index contributed by atoms with van der Waals surface area (Å²) in [6.45, 7) is -1.59. The van der Waals surface area contributed by atoms with Gasteiger partial charge in [-0.25, -0.2) is 14.5 Å². The Hall–Kier alpha value is -4.95. The normalized spacial score (nSPS) is 11.9. The van der Waals surface area contributed by atoms with Crippen molar-refractivity contribution in [3.63, 3.8) is 0 Å². The number of amidine groups is 1. The Morgan fingerprint density at radius 1 is 1.07 bits per heavy atom. The van der Waals surface area contributed by atoms with E-state index in [1.54, 1.807) is 36.4 Å². The number of benzene rings is 3. The Labute approximate surface area is 241 Å². The van der Waals surface area contributed by atoms with Crippen LogP contribution >= 0.6 is 11.6 Å². The molecule has 0 aliphatic rings. The molecule has 4 aromatic rings. The van der Waals surface area contributed by atoms with E-state index in [1.807, 2.05) is 0 Å². The third-order valence-corrected chi connectivity index (χ3v) is 6.05. The number of para-hydroxylation sites is 1. The number of aromatic hydroxyl groups is 1. The number of phenolic OH excluding ortho intramolecular Hbond substituents is 1. The van der Waals surface area contributed by atoms with Crippen LogP contribution in [0.4, 0.5) is 23.7 Å². The first kappa shape index (κ1) is 30.0. The number of carbonyl (C=O) groups excluding carboxylic acids is 2. The fourth-order valence-corrected chi connectivity index (χ4v) is 3.83. The van der Waals surface area contributed by atoms with Gasteiger partial charge in [-0.05, 0) is 48.5 Å². The molecule has 3 amide bonds.